The molecule has 22 heavy (non-hydrogen) atoms. The van der Waals surface area contributed by atoms with Crippen molar-refractivity contribution in [1.82, 2.24) is 14.0 Å². The number of carbonyl (C=O) groups excluding carboxylic acids is 1. The summed E-state index contributed by atoms with van der Waals surface area (Å²) in [6, 6.07) is 5.22. The number of rotatable bonds is 4. The molecule has 1 aromatic heterocycles. The van der Waals surface area contributed by atoms with Crippen molar-refractivity contribution in [3.63, 3.8) is 0 Å². The molecule has 6 nitrogen and oxygen atoms in total. The predicted molar refractivity (Wildman–Crippen MR) is 84.0 cm³/mol. The average molecular weight is 324 g/mol. The van der Waals surface area contributed by atoms with E-state index in [1.165, 1.54) is 9.13 Å². The summed E-state index contributed by atoms with van der Waals surface area (Å²) in [7, 11) is 1.67. The van der Waals surface area contributed by atoms with Gasteiger partial charge in [-0.05, 0) is 24.6 Å². The summed E-state index contributed by atoms with van der Waals surface area (Å²) >= 11 is 5.97. The molecule has 1 fully saturated rings. The maximum Gasteiger partial charge on any atom is 0.328 e. The minimum atomic E-state index is -0.777. The van der Waals surface area contributed by atoms with Gasteiger partial charge in [0.2, 0.25) is 5.91 Å². The normalized spacial score (nSPS) is 16.7. The van der Waals surface area contributed by atoms with Gasteiger partial charge in [0.25, 0.3) is 0 Å². The van der Waals surface area contributed by atoms with E-state index in [1.807, 2.05) is 0 Å². The Morgan fingerprint density at radius 2 is 2.05 bits per heavy atom. The zero-order valence-corrected chi connectivity index (χ0v) is 13.1. The van der Waals surface area contributed by atoms with Crippen LogP contribution in [0.25, 0.3) is 11.0 Å². The highest BCUT2D eigenvalue weighted by Gasteiger charge is 2.23. The summed E-state index contributed by atoms with van der Waals surface area (Å²) in [4.78, 5) is 25.6. The molecule has 0 spiro atoms. The van der Waals surface area contributed by atoms with Crippen molar-refractivity contribution < 1.29 is 9.90 Å². The van der Waals surface area contributed by atoms with E-state index >= 15 is 0 Å². The number of aromatic nitrogens is 2. The van der Waals surface area contributed by atoms with Crippen LogP contribution in [-0.2, 0) is 18.4 Å². The Kier molecular flexibility index (Phi) is 3.97. The highest BCUT2D eigenvalue weighted by molar-refractivity contribution is 6.31. The lowest BCUT2D eigenvalue weighted by molar-refractivity contribution is -0.129. The van der Waals surface area contributed by atoms with Crippen LogP contribution >= 0.6 is 11.6 Å². The first-order valence-corrected chi connectivity index (χ1v) is 7.66. The molecular weight excluding hydrogens is 306 g/mol. The summed E-state index contributed by atoms with van der Waals surface area (Å²) in [6.07, 6.45) is 0.596. The molecule has 0 unspecified atom stereocenters. The molecule has 1 atom stereocenters. The SMILES string of the molecule is Cn1c(=O)n(C[C@H](O)CN2CCCC2=O)c2ccc(Cl)cc21. The van der Waals surface area contributed by atoms with E-state index in [2.05, 4.69) is 0 Å². The molecule has 3 rings (SSSR count). The van der Waals surface area contributed by atoms with Gasteiger partial charge < -0.3 is 10.0 Å². The van der Waals surface area contributed by atoms with E-state index in [-0.39, 0.29) is 24.7 Å². The minimum Gasteiger partial charge on any atom is -0.389 e. The van der Waals surface area contributed by atoms with Gasteiger partial charge in [-0.3, -0.25) is 13.9 Å². The van der Waals surface area contributed by atoms with Gasteiger partial charge in [0.1, 0.15) is 0 Å². The number of aryl methyl sites for hydroxylation is 1. The monoisotopic (exact) mass is 323 g/mol. The van der Waals surface area contributed by atoms with E-state index in [0.717, 1.165) is 17.5 Å². The van der Waals surface area contributed by atoms with Crippen LogP contribution in [0.3, 0.4) is 0 Å². The Morgan fingerprint density at radius 1 is 1.27 bits per heavy atom. The molecule has 0 saturated carbocycles. The topological polar surface area (TPSA) is 67.5 Å². The van der Waals surface area contributed by atoms with Crippen LogP contribution < -0.4 is 5.69 Å². The van der Waals surface area contributed by atoms with E-state index < -0.39 is 6.10 Å². The number of aliphatic hydroxyl groups excluding tert-OH is 1. The summed E-state index contributed by atoms with van der Waals surface area (Å²) in [5, 5.41) is 10.8. The predicted octanol–water partition coefficient (Wildman–Crippen LogP) is 0.977. The second-order valence-corrected chi connectivity index (χ2v) is 6.12. The van der Waals surface area contributed by atoms with Gasteiger partial charge in [0, 0.05) is 31.6 Å². The second kappa shape index (κ2) is 5.78. The summed E-state index contributed by atoms with van der Waals surface area (Å²) in [6.45, 7) is 1.09. The standard InChI is InChI=1S/C15H18ClN3O3/c1-17-13-7-10(16)4-5-12(13)19(15(17)22)9-11(20)8-18-6-2-3-14(18)21/h4-5,7,11,20H,2-3,6,8-9H2,1H3/t11-/m1/s1. The Balaban J connectivity index is 1.86. The smallest absolute Gasteiger partial charge is 0.328 e. The molecule has 2 heterocycles. The number of β-amino-alcohol motifs (C(OH)–C–C–N with tert-alkyl or cyclic N) is 1. The van der Waals surface area contributed by atoms with E-state index in [1.54, 1.807) is 30.1 Å². The maximum atomic E-state index is 12.3. The number of fused-ring (bicyclic) bond motifs is 1. The molecule has 1 aromatic carbocycles. The molecule has 1 saturated heterocycles. The van der Waals surface area contributed by atoms with Crippen LogP contribution in [0.1, 0.15) is 12.8 Å². The van der Waals surface area contributed by atoms with Crippen molar-refractivity contribution in [2.45, 2.75) is 25.5 Å². The lowest BCUT2D eigenvalue weighted by Gasteiger charge is -2.20. The fraction of sp³-hybridized carbons (Fsp3) is 0.467. The fourth-order valence-electron chi connectivity index (χ4n) is 2.98. The summed E-state index contributed by atoms with van der Waals surface area (Å²) in [5.41, 5.74) is 1.25. The third kappa shape index (κ3) is 2.64. The second-order valence-electron chi connectivity index (χ2n) is 5.68. The Hall–Kier alpha value is -1.79. The molecule has 1 aliphatic rings. The lowest BCUT2D eigenvalue weighted by atomic mass is 10.3. The van der Waals surface area contributed by atoms with Gasteiger partial charge >= 0.3 is 5.69 Å². The zero-order valence-electron chi connectivity index (χ0n) is 12.3. The molecule has 1 aliphatic heterocycles. The Labute approximate surface area is 132 Å². The third-order valence-electron chi connectivity index (χ3n) is 4.10. The van der Waals surface area contributed by atoms with Crippen LogP contribution in [0.4, 0.5) is 0 Å². The number of halogens is 1. The first-order chi connectivity index (χ1) is 10.5. The minimum absolute atomic E-state index is 0.0658. The first kappa shape index (κ1) is 15.1. The highest BCUT2D eigenvalue weighted by atomic mass is 35.5. The number of hydrogen-bond donors (Lipinski definition) is 1. The number of hydrogen-bond acceptors (Lipinski definition) is 3. The number of aliphatic hydroxyl groups is 1. The van der Waals surface area contributed by atoms with Crippen molar-refractivity contribution in [1.29, 1.82) is 0 Å². The maximum absolute atomic E-state index is 12.3. The van der Waals surface area contributed by atoms with E-state index in [4.69, 9.17) is 11.6 Å². The largest absolute Gasteiger partial charge is 0.389 e. The van der Waals surface area contributed by atoms with Gasteiger partial charge in [-0.1, -0.05) is 11.6 Å². The number of likely N-dealkylation sites (tertiary alicyclic amines) is 1. The molecule has 118 valence electrons. The summed E-state index contributed by atoms with van der Waals surface area (Å²) in [5.74, 6) is 0.0658. The average Bonchev–Trinajstić information content (AvgIpc) is 2.97. The van der Waals surface area contributed by atoms with Crippen LogP contribution in [0, 0.1) is 0 Å². The van der Waals surface area contributed by atoms with E-state index in [0.29, 0.717) is 18.0 Å². The molecule has 1 amide bonds. The molecule has 0 aliphatic carbocycles. The molecule has 0 bridgehead atoms. The van der Waals surface area contributed by atoms with Crippen molar-refractivity contribution in [3.8, 4) is 0 Å². The number of nitrogens with zero attached hydrogens (tertiary/aromatic N) is 3. The van der Waals surface area contributed by atoms with Crippen molar-refractivity contribution in [2.24, 2.45) is 7.05 Å². The number of benzene rings is 1. The first-order valence-electron chi connectivity index (χ1n) is 7.28. The van der Waals surface area contributed by atoms with Gasteiger partial charge in [0.05, 0.1) is 23.7 Å². The van der Waals surface area contributed by atoms with Crippen LogP contribution in [0.5, 0.6) is 0 Å². The van der Waals surface area contributed by atoms with Gasteiger partial charge in [-0.2, -0.15) is 0 Å². The quantitative estimate of drug-likeness (QED) is 0.912. The fourth-order valence-corrected chi connectivity index (χ4v) is 3.14. The highest BCUT2D eigenvalue weighted by Crippen LogP contribution is 2.18. The molecule has 7 heteroatoms. The zero-order chi connectivity index (χ0) is 15.9. The Morgan fingerprint density at radius 3 is 2.73 bits per heavy atom. The van der Waals surface area contributed by atoms with Crippen LogP contribution in [0.15, 0.2) is 23.0 Å². The number of amides is 1. The lowest BCUT2D eigenvalue weighted by Crippen LogP contribution is -2.37. The van der Waals surface area contributed by atoms with Crippen molar-refractivity contribution in [3.05, 3.63) is 33.7 Å². The van der Waals surface area contributed by atoms with Crippen LogP contribution in [-0.4, -0.2) is 44.2 Å². The van der Waals surface area contributed by atoms with Crippen molar-refractivity contribution in [2.75, 3.05) is 13.1 Å². The number of imidazole rings is 1. The molecule has 2 aromatic rings. The van der Waals surface area contributed by atoms with E-state index in [9.17, 15) is 14.7 Å². The molecule has 0 radical (unpaired) electrons. The number of carbonyl (C=O) groups is 1. The van der Waals surface area contributed by atoms with Gasteiger partial charge in [0.15, 0.2) is 0 Å². The van der Waals surface area contributed by atoms with Crippen LogP contribution in [0.2, 0.25) is 5.02 Å². The third-order valence-corrected chi connectivity index (χ3v) is 4.34. The molecule has 1 N–H and O–H groups in total. The van der Waals surface area contributed by atoms with Crippen molar-refractivity contribution >= 4 is 28.5 Å². The van der Waals surface area contributed by atoms with Gasteiger partial charge in [-0.15, -0.1) is 0 Å². The van der Waals surface area contributed by atoms with Gasteiger partial charge in [-0.25, -0.2) is 4.79 Å². The molecular formula is C15H18ClN3O3. The summed E-state index contributed by atoms with van der Waals surface area (Å²) < 4.78 is 3.03. The Bertz CT molecular complexity index is 780.